The van der Waals surface area contributed by atoms with Crippen molar-refractivity contribution in [2.75, 3.05) is 0 Å². The van der Waals surface area contributed by atoms with Crippen molar-refractivity contribution >= 4 is 0 Å². The molecule has 1 aromatic rings. The molecule has 0 aliphatic rings. The highest BCUT2D eigenvalue weighted by molar-refractivity contribution is 5.29. The van der Waals surface area contributed by atoms with Crippen molar-refractivity contribution in [3.63, 3.8) is 0 Å². The zero-order chi connectivity index (χ0) is 12.5. The quantitative estimate of drug-likeness (QED) is 0.641. The standard InChI is InChI=1S/C8H6F6N2/c9-6(10)5-3(2-15)1-4(8(12,13)14)16-7(5)11/h1,6H,2,15H2. The van der Waals surface area contributed by atoms with Crippen LogP contribution in [-0.2, 0) is 12.7 Å². The van der Waals surface area contributed by atoms with Crippen LogP contribution in [-0.4, -0.2) is 4.98 Å². The first-order chi connectivity index (χ1) is 7.27. The number of hydrogen-bond donors (Lipinski definition) is 1. The van der Waals surface area contributed by atoms with Gasteiger partial charge in [0.05, 0.1) is 5.56 Å². The van der Waals surface area contributed by atoms with E-state index in [1.165, 1.54) is 0 Å². The molecule has 2 nitrogen and oxygen atoms in total. The molecule has 2 N–H and O–H groups in total. The van der Waals surface area contributed by atoms with Crippen molar-refractivity contribution in [3.05, 3.63) is 28.8 Å². The Kier molecular flexibility index (Phi) is 3.41. The number of pyridine rings is 1. The largest absolute Gasteiger partial charge is 0.433 e. The third-order valence-electron chi connectivity index (χ3n) is 1.83. The molecule has 0 unspecified atom stereocenters. The van der Waals surface area contributed by atoms with Crippen LogP contribution in [0.25, 0.3) is 0 Å². The molecule has 0 radical (unpaired) electrons. The van der Waals surface area contributed by atoms with E-state index >= 15 is 0 Å². The van der Waals surface area contributed by atoms with E-state index in [9.17, 15) is 26.3 Å². The Morgan fingerprint density at radius 2 is 1.88 bits per heavy atom. The summed E-state index contributed by atoms with van der Waals surface area (Å²) in [6.07, 6.45) is -8.15. The fraction of sp³-hybridized carbons (Fsp3) is 0.375. The molecule has 0 bridgehead atoms. The number of hydrogen-bond acceptors (Lipinski definition) is 2. The highest BCUT2D eigenvalue weighted by Gasteiger charge is 2.35. The molecular weight excluding hydrogens is 238 g/mol. The molecule has 0 saturated heterocycles. The predicted molar refractivity (Wildman–Crippen MR) is 42.0 cm³/mol. The van der Waals surface area contributed by atoms with Crippen LogP contribution in [0.2, 0.25) is 0 Å². The summed E-state index contributed by atoms with van der Waals surface area (Å²) in [6.45, 7) is -0.623. The predicted octanol–water partition coefficient (Wildman–Crippen LogP) is 2.64. The average Bonchev–Trinajstić information content (AvgIpc) is 2.14. The summed E-state index contributed by atoms with van der Waals surface area (Å²) in [6, 6.07) is 0.324. The summed E-state index contributed by atoms with van der Waals surface area (Å²) in [5.74, 6) is -1.84. The van der Waals surface area contributed by atoms with E-state index in [0.29, 0.717) is 6.07 Å². The van der Waals surface area contributed by atoms with Gasteiger partial charge in [-0.1, -0.05) is 0 Å². The van der Waals surface area contributed by atoms with E-state index in [4.69, 9.17) is 5.73 Å². The summed E-state index contributed by atoms with van der Waals surface area (Å²) in [5.41, 5.74) is 1.61. The number of aromatic nitrogens is 1. The fourth-order valence-corrected chi connectivity index (χ4v) is 1.12. The number of rotatable bonds is 2. The zero-order valence-electron chi connectivity index (χ0n) is 7.65. The summed E-state index contributed by atoms with van der Waals surface area (Å²) in [5, 5.41) is 0. The molecule has 1 aromatic heterocycles. The van der Waals surface area contributed by atoms with E-state index in [-0.39, 0.29) is 0 Å². The third kappa shape index (κ3) is 2.43. The summed E-state index contributed by atoms with van der Waals surface area (Å²) in [4.78, 5) is 2.45. The third-order valence-corrected chi connectivity index (χ3v) is 1.83. The second-order valence-electron chi connectivity index (χ2n) is 2.87. The van der Waals surface area contributed by atoms with Crippen LogP contribution < -0.4 is 5.73 Å². The van der Waals surface area contributed by atoms with E-state index in [0.717, 1.165) is 0 Å². The Hall–Kier alpha value is -1.31. The van der Waals surface area contributed by atoms with Crippen molar-refractivity contribution < 1.29 is 26.3 Å². The topological polar surface area (TPSA) is 38.9 Å². The molecule has 16 heavy (non-hydrogen) atoms. The van der Waals surface area contributed by atoms with Crippen molar-refractivity contribution in [1.29, 1.82) is 0 Å². The maximum absolute atomic E-state index is 12.9. The van der Waals surface area contributed by atoms with E-state index in [1.54, 1.807) is 0 Å². The number of halogens is 6. The van der Waals surface area contributed by atoms with Crippen LogP contribution in [0.1, 0.15) is 23.2 Å². The van der Waals surface area contributed by atoms with Gasteiger partial charge in [-0.05, 0) is 11.6 Å². The normalized spacial score (nSPS) is 12.2. The van der Waals surface area contributed by atoms with Crippen LogP contribution in [0.3, 0.4) is 0 Å². The molecule has 0 aliphatic carbocycles. The molecule has 0 atom stereocenters. The molecule has 0 spiro atoms. The van der Waals surface area contributed by atoms with Gasteiger partial charge >= 0.3 is 6.18 Å². The first-order valence-corrected chi connectivity index (χ1v) is 4.02. The Balaban J connectivity index is 3.38. The summed E-state index contributed by atoms with van der Waals surface area (Å²) < 4.78 is 74.0. The van der Waals surface area contributed by atoms with Crippen molar-refractivity contribution in [2.24, 2.45) is 5.73 Å². The Bertz CT molecular complexity index is 387. The lowest BCUT2D eigenvalue weighted by atomic mass is 10.1. The number of nitrogens with two attached hydrogens (primary N) is 1. The lowest BCUT2D eigenvalue weighted by Crippen LogP contribution is -2.14. The van der Waals surface area contributed by atoms with Crippen LogP contribution >= 0.6 is 0 Å². The van der Waals surface area contributed by atoms with Crippen molar-refractivity contribution in [2.45, 2.75) is 19.1 Å². The maximum Gasteiger partial charge on any atom is 0.433 e. The average molecular weight is 244 g/mol. The van der Waals surface area contributed by atoms with Gasteiger partial charge in [-0.15, -0.1) is 0 Å². The first kappa shape index (κ1) is 12.8. The molecule has 0 saturated carbocycles. The van der Waals surface area contributed by atoms with Crippen LogP contribution in [0.4, 0.5) is 26.3 Å². The van der Waals surface area contributed by atoms with E-state index in [2.05, 4.69) is 4.98 Å². The summed E-state index contributed by atoms with van der Waals surface area (Å²) >= 11 is 0. The smallest absolute Gasteiger partial charge is 0.326 e. The second-order valence-corrected chi connectivity index (χ2v) is 2.87. The van der Waals surface area contributed by atoms with Gasteiger partial charge in [0.2, 0.25) is 5.95 Å². The van der Waals surface area contributed by atoms with Gasteiger partial charge in [0, 0.05) is 6.54 Å². The van der Waals surface area contributed by atoms with Gasteiger partial charge in [0.1, 0.15) is 5.69 Å². The molecule has 1 rings (SSSR count). The minimum Gasteiger partial charge on any atom is -0.326 e. The molecule has 8 heteroatoms. The minimum atomic E-state index is -4.90. The minimum absolute atomic E-state index is 0.324. The number of alkyl halides is 5. The number of nitrogens with zero attached hydrogens (tertiary/aromatic N) is 1. The SMILES string of the molecule is NCc1cc(C(F)(F)F)nc(F)c1C(F)F. The zero-order valence-corrected chi connectivity index (χ0v) is 7.65. The Morgan fingerprint density at radius 3 is 2.25 bits per heavy atom. The Labute approximate surface area is 86.1 Å². The molecule has 90 valence electrons. The fourth-order valence-electron chi connectivity index (χ4n) is 1.12. The Morgan fingerprint density at radius 1 is 1.31 bits per heavy atom. The summed E-state index contributed by atoms with van der Waals surface area (Å²) in [7, 11) is 0. The van der Waals surface area contributed by atoms with Crippen LogP contribution in [0.5, 0.6) is 0 Å². The maximum atomic E-state index is 12.9. The lowest BCUT2D eigenvalue weighted by Gasteiger charge is -2.12. The van der Waals surface area contributed by atoms with Crippen molar-refractivity contribution in [1.82, 2.24) is 4.98 Å². The van der Waals surface area contributed by atoms with Gasteiger partial charge in [-0.3, -0.25) is 0 Å². The highest BCUT2D eigenvalue weighted by atomic mass is 19.4. The second kappa shape index (κ2) is 4.28. The van der Waals surface area contributed by atoms with Gasteiger partial charge in [0.15, 0.2) is 0 Å². The highest BCUT2D eigenvalue weighted by Crippen LogP contribution is 2.32. The van der Waals surface area contributed by atoms with Crippen LogP contribution in [0.15, 0.2) is 6.07 Å². The molecule has 0 amide bonds. The molecule has 0 aliphatic heterocycles. The van der Waals surface area contributed by atoms with Crippen molar-refractivity contribution in [3.8, 4) is 0 Å². The van der Waals surface area contributed by atoms with E-state index < -0.39 is 41.9 Å². The lowest BCUT2D eigenvalue weighted by molar-refractivity contribution is -0.141. The van der Waals surface area contributed by atoms with Gasteiger partial charge in [0.25, 0.3) is 6.43 Å². The first-order valence-electron chi connectivity index (χ1n) is 4.02. The van der Waals surface area contributed by atoms with Gasteiger partial charge < -0.3 is 5.73 Å². The molecule has 1 heterocycles. The van der Waals surface area contributed by atoms with Crippen LogP contribution in [0, 0.1) is 5.95 Å². The van der Waals surface area contributed by atoms with Gasteiger partial charge in [-0.25, -0.2) is 13.8 Å². The van der Waals surface area contributed by atoms with Gasteiger partial charge in [-0.2, -0.15) is 17.6 Å². The van der Waals surface area contributed by atoms with E-state index in [1.807, 2.05) is 0 Å². The molecule has 0 aromatic carbocycles. The molecule has 0 fully saturated rings. The molecular formula is C8H6F6N2. The monoisotopic (exact) mass is 244 g/mol.